The molecule has 124 valence electrons. The highest BCUT2D eigenvalue weighted by Crippen LogP contribution is 2.29. The number of hydrogen-bond donors (Lipinski definition) is 1. The lowest BCUT2D eigenvalue weighted by atomic mass is 10.0. The smallest absolute Gasteiger partial charge is 0.231 e. The van der Waals surface area contributed by atoms with Crippen LogP contribution in [0.15, 0.2) is 41.7 Å². The minimum Gasteiger partial charge on any atom is -0.337 e. The summed E-state index contributed by atoms with van der Waals surface area (Å²) in [6, 6.07) is 12.3. The van der Waals surface area contributed by atoms with Crippen molar-refractivity contribution in [3.8, 4) is 17.3 Å². The Kier molecular flexibility index (Phi) is 4.91. The maximum absolute atomic E-state index is 12.2. The zero-order valence-electron chi connectivity index (χ0n) is 13.7. The van der Waals surface area contributed by atoms with Crippen LogP contribution < -0.4 is 5.32 Å². The van der Waals surface area contributed by atoms with Crippen LogP contribution in [-0.2, 0) is 11.8 Å². The number of hydrogen-bond acceptors (Lipinski definition) is 4. The summed E-state index contributed by atoms with van der Waals surface area (Å²) in [5.41, 5.74) is 1.45. The Labute approximate surface area is 146 Å². The molecule has 1 N–H and O–H groups in total. The molecule has 0 unspecified atom stereocenters. The Morgan fingerprint density at radius 1 is 1.38 bits per heavy atom. The molecule has 1 fully saturated rings. The number of amides is 1. The molecule has 0 spiro atoms. The van der Waals surface area contributed by atoms with E-state index in [-0.39, 0.29) is 11.7 Å². The van der Waals surface area contributed by atoms with Crippen molar-refractivity contribution in [2.75, 3.05) is 5.75 Å². The minimum atomic E-state index is -0.658. The summed E-state index contributed by atoms with van der Waals surface area (Å²) in [4.78, 5) is 16.6. The standard InChI is InChI=1S/C18H20N4OS/c1-22-15(14-7-3-2-4-8-14)11-20-17(22)24-12-16(23)21-18(13-19)9-5-6-10-18/h2-4,7-8,11H,5-6,9-10,12H2,1H3,(H,21,23). The third kappa shape index (κ3) is 3.46. The number of nitrogens with one attached hydrogen (secondary N) is 1. The fraction of sp³-hybridized carbons (Fsp3) is 0.389. The number of aromatic nitrogens is 2. The topological polar surface area (TPSA) is 70.7 Å². The quantitative estimate of drug-likeness (QED) is 0.849. The average Bonchev–Trinajstić information content (AvgIpc) is 3.21. The van der Waals surface area contributed by atoms with Crippen LogP contribution in [0.2, 0.25) is 0 Å². The number of rotatable bonds is 5. The number of thioether (sulfide) groups is 1. The van der Waals surface area contributed by atoms with Gasteiger partial charge in [-0.15, -0.1) is 0 Å². The lowest BCUT2D eigenvalue weighted by Gasteiger charge is -2.21. The fourth-order valence-electron chi connectivity index (χ4n) is 3.08. The van der Waals surface area contributed by atoms with Crippen LogP contribution in [0, 0.1) is 11.3 Å². The van der Waals surface area contributed by atoms with Gasteiger partial charge < -0.3 is 9.88 Å². The second-order valence-corrected chi connectivity index (χ2v) is 7.03. The molecular weight excluding hydrogens is 320 g/mol. The van der Waals surface area contributed by atoms with E-state index in [2.05, 4.69) is 16.4 Å². The Hall–Kier alpha value is -2.26. The SMILES string of the molecule is Cn1c(-c2ccccc2)cnc1SCC(=O)NC1(C#N)CCCC1. The van der Waals surface area contributed by atoms with E-state index < -0.39 is 5.54 Å². The van der Waals surface area contributed by atoms with Crippen LogP contribution in [0.25, 0.3) is 11.3 Å². The van der Waals surface area contributed by atoms with Crippen molar-refractivity contribution in [2.24, 2.45) is 7.05 Å². The first kappa shape index (κ1) is 16.6. The van der Waals surface area contributed by atoms with E-state index in [0.717, 1.165) is 42.1 Å². The maximum atomic E-state index is 12.2. The van der Waals surface area contributed by atoms with Crippen molar-refractivity contribution in [2.45, 2.75) is 36.4 Å². The van der Waals surface area contributed by atoms with Gasteiger partial charge in [0.1, 0.15) is 5.54 Å². The van der Waals surface area contributed by atoms with Crippen LogP contribution in [0.4, 0.5) is 0 Å². The summed E-state index contributed by atoms with van der Waals surface area (Å²) in [5, 5.41) is 13.0. The van der Waals surface area contributed by atoms with Crippen LogP contribution >= 0.6 is 11.8 Å². The number of carbonyl (C=O) groups is 1. The third-order valence-electron chi connectivity index (χ3n) is 4.40. The second kappa shape index (κ2) is 7.10. The van der Waals surface area contributed by atoms with Crippen molar-refractivity contribution >= 4 is 17.7 Å². The van der Waals surface area contributed by atoms with Crippen LogP contribution in [0.5, 0.6) is 0 Å². The summed E-state index contributed by atoms with van der Waals surface area (Å²) in [6.45, 7) is 0. The molecule has 1 aliphatic rings. The highest BCUT2D eigenvalue weighted by molar-refractivity contribution is 7.99. The summed E-state index contributed by atoms with van der Waals surface area (Å²) in [5.74, 6) is 0.162. The van der Waals surface area contributed by atoms with Gasteiger partial charge >= 0.3 is 0 Å². The molecule has 0 atom stereocenters. The first-order valence-electron chi connectivity index (χ1n) is 8.06. The molecule has 0 radical (unpaired) electrons. The van der Waals surface area contributed by atoms with Gasteiger partial charge in [0.2, 0.25) is 5.91 Å². The van der Waals surface area contributed by atoms with Gasteiger partial charge in [-0.05, 0) is 31.2 Å². The normalized spacial score (nSPS) is 15.8. The van der Waals surface area contributed by atoms with Crippen molar-refractivity contribution < 1.29 is 4.79 Å². The summed E-state index contributed by atoms with van der Waals surface area (Å²) in [6.07, 6.45) is 5.33. The molecule has 1 heterocycles. The molecule has 1 saturated carbocycles. The van der Waals surface area contributed by atoms with Crippen molar-refractivity contribution in [3.63, 3.8) is 0 Å². The molecule has 3 rings (SSSR count). The van der Waals surface area contributed by atoms with Gasteiger partial charge in [0.25, 0.3) is 0 Å². The molecular formula is C18H20N4OS. The van der Waals surface area contributed by atoms with Crippen molar-refractivity contribution in [1.29, 1.82) is 5.26 Å². The van der Waals surface area contributed by atoms with Gasteiger partial charge in [-0.2, -0.15) is 5.26 Å². The summed E-state index contributed by atoms with van der Waals surface area (Å²) < 4.78 is 1.99. The number of benzene rings is 1. The molecule has 1 aromatic carbocycles. The zero-order valence-corrected chi connectivity index (χ0v) is 14.5. The van der Waals surface area contributed by atoms with Crippen LogP contribution in [0.3, 0.4) is 0 Å². The third-order valence-corrected chi connectivity index (χ3v) is 5.44. The molecule has 6 heteroatoms. The number of imidazole rings is 1. The maximum Gasteiger partial charge on any atom is 0.231 e. The van der Waals surface area contributed by atoms with E-state index in [1.807, 2.05) is 48.1 Å². The van der Waals surface area contributed by atoms with Crippen LogP contribution in [0.1, 0.15) is 25.7 Å². The summed E-state index contributed by atoms with van der Waals surface area (Å²) >= 11 is 1.39. The number of nitriles is 1. The van der Waals surface area contributed by atoms with E-state index in [1.54, 1.807) is 0 Å². The predicted molar refractivity (Wildman–Crippen MR) is 94.3 cm³/mol. The Bertz CT molecular complexity index is 757. The Balaban J connectivity index is 1.62. The Morgan fingerprint density at radius 3 is 2.75 bits per heavy atom. The van der Waals surface area contributed by atoms with Gasteiger partial charge in [-0.1, -0.05) is 42.1 Å². The van der Waals surface area contributed by atoms with E-state index in [9.17, 15) is 10.1 Å². The number of carbonyl (C=O) groups excluding carboxylic acids is 1. The van der Waals surface area contributed by atoms with Crippen LogP contribution in [-0.4, -0.2) is 26.8 Å². The lowest BCUT2D eigenvalue weighted by Crippen LogP contribution is -2.45. The molecule has 0 aliphatic heterocycles. The molecule has 0 saturated heterocycles. The van der Waals surface area contributed by atoms with Gasteiger partial charge in [0.05, 0.1) is 23.7 Å². The van der Waals surface area contributed by atoms with Crippen molar-refractivity contribution in [1.82, 2.24) is 14.9 Å². The highest BCUT2D eigenvalue weighted by atomic mass is 32.2. The van der Waals surface area contributed by atoms with Gasteiger partial charge in [-0.3, -0.25) is 4.79 Å². The molecule has 1 aromatic heterocycles. The number of nitrogens with zero attached hydrogens (tertiary/aromatic N) is 3. The van der Waals surface area contributed by atoms with E-state index in [0.29, 0.717) is 0 Å². The zero-order chi connectivity index (χ0) is 17.0. The van der Waals surface area contributed by atoms with Gasteiger partial charge in [0.15, 0.2) is 5.16 Å². The van der Waals surface area contributed by atoms with E-state index >= 15 is 0 Å². The predicted octanol–water partition coefficient (Wildman–Crippen LogP) is 3.13. The first-order valence-corrected chi connectivity index (χ1v) is 9.04. The van der Waals surface area contributed by atoms with Crippen molar-refractivity contribution in [3.05, 3.63) is 36.5 Å². The van der Waals surface area contributed by atoms with Gasteiger partial charge in [-0.25, -0.2) is 4.98 Å². The lowest BCUT2D eigenvalue weighted by molar-refractivity contribution is -0.119. The molecule has 24 heavy (non-hydrogen) atoms. The molecule has 2 aromatic rings. The van der Waals surface area contributed by atoms with E-state index in [4.69, 9.17) is 0 Å². The monoisotopic (exact) mass is 340 g/mol. The van der Waals surface area contributed by atoms with E-state index in [1.165, 1.54) is 11.8 Å². The minimum absolute atomic E-state index is 0.104. The largest absolute Gasteiger partial charge is 0.337 e. The first-order chi connectivity index (χ1) is 11.6. The molecule has 0 bridgehead atoms. The molecule has 1 amide bonds. The molecule has 1 aliphatic carbocycles. The highest BCUT2D eigenvalue weighted by Gasteiger charge is 2.35. The Morgan fingerprint density at radius 2 is 2.08 bits per heavy atom. The second-order valence-electron chi connectivity index (χ2n) is 6.09. The fourth-order valence-corrected chi connectivity index (χ4v) is 3.83. The molecule has 5 nitrogen and oxygen atoms in total. The summed E-state index contributed by atoms with van der Waals surface area (Å²) in [7, 11) is 1.95. The average molecular weight is 340 g/mol. The van der Waals surface area contributed by atoms with Gasteiger partial charge in [0, 0.05) is 7.05 Å².